The van der Waals surface area contributed by atoms with Gasteiger partial charge in [-0.3, -0.25) is 0 Å². The molecule has 0 radical (unpaired) electrons. The van der Waals surface area contributed by atoms with Crippen molar-refractivity contribution >= 4 is 28.8 Å². The predicted molar refractivity (Wildman–Crippen MR) is 128 cm³/mol. The van der Waals surface area contributed by atoms with Crippen molar-refractivity contribution < 1.29 is 0 Å². The minimum Gasteiger partial charge on any atom is -0.244 e. The maximum atomic E-state index is 13.1. The molecule has 0 atom stereocenters. The van der Waals surface area contributed by atoms with Gasteiger partial charge in [-0.2, -0.15) is 14.9 Å². The lowest BCUT2D eigenvalue weighted by Gasteiger charge is -2.11. The molecule has 160 valence electrons. The number of benzene rings is 3. The summed E-state index contributed by atoms with van der Waals surface area (Å²) >= 11 is 12.2. The highest BCUT2D eigenvalue weighted by Crippen LogP contribution is 2.35. The Hall–Kier alpha value is -3.92. The van der Waals surface area contributed by atoms with Gasteiger partial charge in [0, 0.05) is 21.2 Å². The smallest absolute Gasteiger partial charge is 0.244 e. The molecule has 0 aliphatic heterocycles. The van der Waals surface area contributed by atoms with Gasteiger partial charge >= 0.3 is 5.69 Å². The second-order valence-electron chi connectivity index (χ2n) is 7.43. The molecule has 0 aliphatic carbocycles. The molecule has 0 N–H and O–H groups in total. The zero-order valence-electron chi connectivity index (χ0n) is 17.1. The third-order valence-corrected chi connectivity index (χ3v) is 5.82. The molecule has 0 spiro atoms. The van der Waals surface area contributed by atoms with Crippen molar-refractivity contribution in [2.45, 2.75) is 6.54 Å². The molecule has 0 saturated carbocycles. The van der Waals surface area contributed by atoms with Crippen LogP contribution in [0.25, 0.3) is 27.9 Å². The van der Waals surface area contributed by atoms with Gasteiger partial charge in [0.05, 0.1) is 24.4 Å². The molecule has 0 unspecified atom stereocenters. The molecule has 33 heavy (non-hydrogen) atoms. The molecule has 0 saturated heterocycles. The highest BCUT2D eigenvalue weighted by Gasteiger charge is 2.19. The zero-order valence-corrected chi connectivity index (χ0v) is 18.6. The first-order valence-electron chi connectivity index (χ1n) is 10.0. The number of nitriles is 1. The van der Waals surface area contributed by atoms with Crippen molar-refractivity contribution in [1.82, 2.24) is 19.4 Å². The fraction of sp³-hybridized carbons (Fsp3) is 0.0400. The molecule has 0 bridgehead atoms. The summed E-state index contributed by atoms with van der Waals surface area (Å²) in [7, 11) is 0. The van der Waals surface area contributed by atoms with Gasteiger partial charge in [0.15, 0.2) is 5.65 Å². The topological polar surface area (TPSA) is 76.0 Å². The van der Waals surface area contributed by atoms with E-state index >= 15 is 0 Å². The quantitative estimate of drug-likeness (QED) is 0.349. The number of nitrogens with zero attached hydrogens (tertiary/aromatic N) is 5. The summed E-state index contributed by atoms with van der Waals surface area (Å²) < 4.78 is 2.67. The van der Waals surface area contributed by atoms with E-state index in [9.17, 15) is 4.79 Å². The van der Waals surface area contributed by atoms with Crippen LogP contribution in [0.2, 0.25) is 10.0 Å². The SMILES string of the molecule is N#Cc1ccc(Cn2nc3c(-c4ccc(Cl)cc4)c(-c4ccc(Cl)cc4)cnn3c2=O)cc1. The first-order valence-corrected chi connectivity index (χ1v) is 10.8. The van der Waals surface area contributed by atoms with Gasteiger partial charge in [-0.15, -0.1) is 5.10 Å². The van der Waals surface area contributed by atoms with Crippen molar-refractivity contribution in [1.29, 1.82) is 5.26 Å². The second-order valence-corrected chi connectivity index (χ2v) is 8.30. The molecule has 2 heterocycles. The van der Waals surface area contributed by atoms with E-state index < -0.39 is 0 Å². The van der Waals surface area contributed by atoms with Crippen LogP contribution in [0.15, 0.2) is 83.8 Å². The summed E-state index contributed by atoms with van der Waals surface area (Å²) in [6, 6.07) is 23.9. The summed E-state index contributed by atoms with van der Waals surface area (Å²) in [4.78, 5) is 13.1. The minimum absolute atomic E-state index is 0.254. The largest absolute Gasteiger partial charge is 0.367 e. The van der Waals surface area contributed by atoms with Gasteiger partial charge in [0.1, 0.15) is 0 Å². The Morgan fingerprint density at radius 2 is 1.45 bits per heavy atom. The number of fused-ring (bicyclic) bond motifs is 1. The molecular formula is C25H15Cl2N5O. The van der Waals surface area contributed by atoms with Crippen LogP contribution in [-0.4, -0.2) is 19.4 Å². The number of hydrogen-bond acceptors (Lipinski definition) is 4. The first-order chi connectivity index (χ1) is 16.0. The number of rotatable bonds is 4. The van der Waals surface area contributed by atoms with E-state index in [1.54, 1.807) is 30.5 Å². The van der Waals surface area contributed by atoms with E-state index in [1.165, 1.54) is 9.20 Å². The van der Waals surface area contributed by atoms with E-state index in [0.717, 1.165) is 27.8 Å². The fourth-order valence-corrected chi connectivity index (χ4v) is 3.92. The Morgan fingerprint density at radius 1 is 0.848 bits per heavy atom. The normalized spacial score (nSPS) is 10.9. The van der Waals surface area contributed by atoms with Crippen molar-refractivity contribution in [2.24, 2.45) is 0 Å². The predicted octanol–water partition coefficient (Wildman–Crippen LogP) is 5.45. The minimum atomic E-state index is -0.354. The van der Waals surface area contributed by atoms with Crippen molar-refractivity contribution in [3.8, 4) is 28.3 Å². The standard InChI is InChI=1S/C25H15Cl2N5O/c26-20-9-5-18(6-10-20)22-14-29-32-24(23(22)19-7-11-21(27)12-8-19)30-31(25(32)33)15-17-3-1-16(13-28)2-4-17/h1-12,14H,15H2. The van der Waals surface area contributed by atoms with Gasteiger partial charge in [-0.05, 0) is 53.1 Å². The molecular weight excluding hydrogens is 457 g/mol. The molecule has 5 rings (SSSR count). The lowest BCUT2D eigenvalue weighted by molar-refractivity contribution is 0.650. The van der Waals surface area contributed by atoms with Crippen LogP contribution in [0.4, 0.5) is 0 Å². The van der Waals surface area contributed by atoms with Crippen LogP contribution in [0, 0.1) is 11.3 Å². The summed E-state index contributed by atoms with van der Waals surface area (Å²) in [5, 5.41) is 19.3. The Morgan fingerprint density at radius 3 is 2.06 bits per heavy atom. The maximum absolute atomic E-state index is 13.1. The number of halogens is 2. The Kier molecular flexibility index (Phi) is 5.43. The van der Waals surface area contributed by atoms with Gasteiger partial charge < -0.3 is 0 Å². The van der Waals surface area contributed by atoms with Crippen LogP contribution < -0.4 is 5.69 Å². The zero-order chi connectivity index (χ0) is 22.9. The van der Waals surface area contributed by atoms with Crippen molar-refractivity contribution in [3.63, 3.8) is 0 Å². The number of hydrogen-bond donors (Lipinski definition) is 0. The molecule has 5 aromatic rings. The van der Waals surface area contributed by atoms with Gasteiger partial charge in [-0.25, -0.2) is 9.48 Å². The average Bonchev–Trinajstić information content (AvgIpc) is 3.15. The van der Waals surface area contributed by atoms with Gasteiger partial charge in [-0.1, -0.05) is 59.6 Å². The maximum Gasteiger partial charge on any atom is 0.367 e. The summed E-state index contributed by atoms with van der Waals surface area (Å²) in [6.45, 7) is 0.254. The first kappa shape index (κ1) is 21.0. The average molecular weight is 472 g/mol. The lowest BCUT2D eigenvalue weighted by atomic mass is 9.97. The van der Waals surface area contributed by atoms with Gasteiger partial charge in [0.25, 0.3) is 0 Å². The van der Waals surface area contributed by atoms with E-state index in [1.807, 2.05) is 48.5 Å². The summed E-state index contributed by atoms with van der Waals surface area (Å²) in [5.74, 6) is 0. The second kappa shape index (κ2) is 8.55. The Balaban J connectivity index is 1.71. The van der Waals surface area contributed by atoms with Crippen molar-refractivity contribution in [3.05, 3.63) is 111 Å². The van der Waals surface area contributed by atoms with Crippen LogP contribution in [0.5, 0.6) is 0 Å². The highest BCUT2D eigenvalue weighted by atomic mass is 35.5. The Bertz CT molecular complexity index is 1560. The third kappa shape index (κ3) is 4.00. The molecule has 3 aromatic carbocycles. The van der Waals surface area contributed by atoms with E-state index in [0.29, 0.717) is 21.3 Å². The van der Waals surface area contributed by atoms with Crippen LogP contribution in [0.1, 0.15) is 11.1 Å². The highest BCUT2D eigenvalue weighted by molar-refractivity contribution is 6.31. The molecule has 0 fully saturated rings. The van der Waals surface area contributed by atoms with E-state index in [-0.39, 0.29) is 12.2 Å². The summed E-state index contributed by atoms with van der Waals surface area (Å²) in [6.07, 6.45) is 1.66. The molecule has 8 heteroatoms. The van der Waals surface area contributed by atoms with Crippen molar-refractivity contribution in [2.75, 3.05) is 0 Å². The van der Waals surface area contributed by atoms with Crippen LogP contribution in [-0.2, 0) is 6.54 Å². The molecule has 6 nitrogen and oxygen atoms in total. The fourth-order valence-electron chi connectivity index (χ4n) is 3.67. The van der Waals surface area contributed by atoms with Crippen LogP contribution in [0.3, 0.4) is 0 Å². The van der Waals surface area contributed by atoms with Gasteiger partial charge in [0.2, 0.25) is 0 Å². The molecule has 2 aromatic heterocycles. The van der Waals surface area contributed by atoms with Crippen LogP contribution >= 0.6 is 23.2 Å². The molecule has 0 amide bonds. The lowest BCUT2D eigenvalue weighted by Crippen LogP contribution is -2.22. The summed E-state index contributed by atoms with van der Waals surface area (Å²) in [5.41, 5.74) is 4.82. The monoisotopic (exact) mass is 471 g/mol. The third-order valence-electron chi connectivity index (χ3n) is 5.32. The van der Waals surface area contributed by atoms with E-state index in [2.05, 4.69) is 16.3 Å². The molecule has 0 aliphatic rings. The van der Waals surface area contributed by atoms with E-state index in [4.69, 9.17) is 28.5 Å². The number of aromatic nitrogens is 4. The Labute approximate surface area is 198 Å².